The van der Waals surface area contributed by atoms with E-state index in [2.05, 4.69) is 5.32 Å². The van der Waals surface area contributed by atoms with Crippen molar-refractivity contribution >= 4 is 15.9 Å². The second kappa shape index (κ2) is 7.37. The number of piperidine rings is 1. The van der Waals surface area contributed by atoms with E-state index < -0.39 is 21.8 Å². The number of carbonyl (C=O) groups is 1. The van der Waals surface area contributed by atoms with Gasteiger partial charge < -0.3 is 9.73 Å². The summed E-state index contributed by atoms with van der Waals surface area (Å²) in [7, 11) is -3.74. The third kappa shape index (κ3) is 4.08. The van der Waals surface area contributed by atoms with Crippen molar-refractivity contribution in [2.75, 3.05) is 13.1 Å². The highest BCUT2D eigenvalue weighted by atomic mass is 32.2. The summed E-state index contributed by atoms with van der Waals surface area (Å²) in [5.41, 5.74) is 0. The van der Waals surface area contributed by atoms with Crippen molar-refractivity contribution < 1.29 is 22.0 Å². The largest absolute Gasteiger partial charge is 0.467 e. The predicted octanol–water partition coefficient (Wildman–Crippen LogP) is 2.14. The molecule has 1 aromatic heterocycles. The van der Waals surface area contributed by atoms with Crippen molar-refractivity contribution in [2.45, 2.75) is 24.3 Å². The van der Waals surface area contributed by atoms with E-state index in [0.717, 1.165) is 12.1 Å². The van der Waals surface area contributed by atoms with E-state index in [1.54, 1.807) is 12.1 Å². The van der Waals surface area contributed by atoms with Gasteiger partial charge in [0.05, 0.1) is 23.6 Å². The quantitative estimate of drug-likeness (QED) is 0.879. The van der Waals surface area contributed by atoms with E-state index in [9.17, 15) is 17.6 Å². The number of rotatable bonds is 5. The Morgan fingerprint density at radius 1 is 1.28 bits per heavy atom. The van der Waals surface area contributed by atoms with Crippen LogP contribution in [0.3, 0.4) is 0 Å². The molecule has 0 saturated carbocycles. The van der Waals surface area contributed by atoms with Crippen LogP contribution in [-0.4, -0.2) is 31.7 Å². The topological polar surface area (TPSA) is 79.6 Å². The van der Waals surface area contributed by atoms with Crippen LogP contribution in [0, 0.1) is 11.7 Å². The molecular formula is C17H19FN2O4S. The normalized spacial score (nSPS) is 18.8. The van der Waals surface area contributed by atoms with E-state index in [1.807, 2.05) is 0 Å². The number of hydrogen-bond acceptors (Lipinski definition) is 4. The van der Waals surface area contributed by atoms with Crippen molar-refractivity contribution in [3.05, 3.63) is 54.2 Å². The van der Waals surface area contributed by atoms with E-state index in [-0.39, 0.29) is 23.9 Å². The van der Waals surface area contributed by atoms with E-state index >= 15 is 0 Å². The first-order valence-corrected chi connectivity index (χ1v) is 9.46. The molecule has 0 bridgehead atoms. The second-order valence-electron chi connectivity index (χ2n) is 5.95. The van der Waals surface area contributed by atoms with Crippen molar-refractivity contribution in [3.8, 4) is 0 Å². The number of furan rings is 1. The molecule has 1 N–H and O–H groups in total. The smallest absolute Gasteiger partial charge is 0.243 e. The van der Waals surface area contributed by atoms with E-state index in [4.69, 9.17) is 4.42 Å². The number of sulfonamides is 1. The van der Waals surface area contributed by atoms with Crippen molar-refractivity contribution in [1.82, 2.24) is 9.62 Å². The number of halogens is 1. The van der Waals surface area contributed by atoms with Gasteiger partial charge in [0.2, 0.25) is 15.9 Å². The maximum Gasteiger partial charge on any atom is 0.243 e. The van der Waals surface area contributed by atoms with Gasteiger partial charge in [0.1, 0.15) is 11.6 Å². The second-order valence-corrected chi connectivity index (χ2v) is 7.89. The third-order valence-electron chi connectivity index (χ3n) is 4.22. The lowest BCUT2D eigenvalue weighted by Gasteiger charge is -2.31. The summed E-state index contributed by atoms with van der Waals surface area (Å²) in [6.07, 6.45) is 2.75. The zero-order chi connectivity index (χ0) is 17.9. The molecule has 2 aromatic rings. The Bertz CT molecular complexity index is 819. The summed E-state index contributed by atoms with van der Waals surface area (Å²) in [5, 5.41) is 2.77. The van der Waals surface area contributed by atoms with Crippen LogP contribution < -0.4 is 5.32 Å². The Morgan fingerprint density at radius 2 is 2.04 bits per heavy atom. The van der Waals surface area contributed by atoms with Gasteiger partial charge in [0.25, 0.3) is 0 Å². The summed E-state index contributed by atoms with van der Waals surface area (Å²) in [4.78, 5) is 12.4. The van der Waals surface area contributed by atoms with Crippen LogP contribution in [0.25, 0.3) is 0 Å². The Hall–Kier alpha value is -2.19. The number of amides is 1. The maximum absolute atomic E-state index is 13.0. The minimum absolute atomic E-state index is 0.0329. The van der Waals surface area contributed by atoms with Crippen LogP contribution in [-0.2, 0) is 21.4 Å². The summed E-state index contributed by atoms with van der Waals surface area (Å²) < 4.78 is 44.8. The molecule has 0 spiro atoms. The van der Waals surface area contributed by atoms with Gasteiger partial charge >= 0.3 is 0 Å². The van der Waals surface area contributed by atoms with Crippen molar-refractivity contribution in [3.63, 3.8) is 0 Å². The number of benzene rings is 1. The van der Waals surface area contributed by atoms with Gasteiger partial charge in [-0.15, -0.1) is 0 Å². The highest BCUT2D eigenvalue weighted by Crippen LogP contribution is 2.24. The fraction of sp³-hybridized carbons (Fsp3) is 0.353. The van der Waals surface area contributed by atoms with Crippen molar-refractivity contribution in [1.29, 1.82) is 0 Å². The molecule has 1 aromatic carbocycles. The molecule has 3 rings (SSSR count). The minimum Gasteiger partial charge on any atom is -0.467 e. The summed E-state index contributed by atoms with van der Waals surface area (Å²) in [5.74, 6) is -0.470. The molecule has 8 heteroatoms. The average molecular weight is 366 g/mol. The predicted molar refractivity (Wildman–Crippen MR) is 88.4 cm³/mol. The lowest BCUT2D eigenvalue weighted by Crippen LogP contribution is -2.45. The minimum atomic E-state index is -3.74. The lowest BCUT2D eigenvalue weighted by atomic mass is 9.99. The number of nitrogens with one attached hydrogen (secondary N) is 1. The first-order chi connectivity index (χ1) is 12.0. The zero-order valence-corrected chi connectivity index (χ0v) is 14.3. The Labute approximate surface area is 145 Å². The van der Waals surface area contributed by atoms with Gasteiger partial charge in [-0.2, -0.15) is 4.31 Å². The summed E-state index contributed by atoms with van der Waals surface area (Å²) in [6, 6.07) is 8.21. The molecule has 1 atom stereocenters. The number of nitrogens with zero attached hydrogens (tertiary/aromatic N) is 1. The molecule has 1 aliphatic rings. The number of hydrogen-bond donors (Lipinski definition) is 1. The molecule has 1 fully saturated rings. The molecule has 0 radical (unpaired) electrons. The lowest BCUT2D eigenvalue weighted by molar-refractivity contribution is -0.126. The highest BCUT2D eigenvalue weighted by molar-refractivity contribution is 7.89. The molecule has 0 unspecified atom stereocenters. The molecule has 1 amide bonds. The Morgan fingerprint density at radius 3 is 2.72 bits per heavy atom. The molecule has 25 heavy (non-hydrogen) atoms. The zero-order valence-electron chi connectivity index (χ0n) is 13.5. The Kier molecular flexibility index (Phi) is 5.19. The van der Waals surface area contributed by atoms with Crippen LogP contribution in [0.15, 0.2) is 52.0 Å². The van der Waals surface area contributed by atoms with Gasteiger partial charge in [-0.3, -0.25) is 4.79 Å². The molecule has 2 heterocycles. The van der Waals surface area contributed by atoms with E-state index in [0.29, 0.717) is 25.1 Å². The fourth-order valence-electron chi connectivity index (χ4n) is 2.86. The molecule has 1 aliphatic heterocycles. The molecular weight excluding hydrogens is 347 g/mol. The van der Waals surface area contributed by atoms with Gasteiger partial charge in [0, 0.05) is 13.1 Å². The maximum atomic E-state index is 13.0. The SMILES string of the molecule is O=C(NCc1ccco1)[C@@H]1CCCN(S(=O)(=O)c2ccc(F)cc2)C1. The van der Waals surface area contributed by atoms with Gasteiger partial charge in [-0.25, -0.2) is 12.8 Å². The fourth-order valence-corrected chi connectivity index (χ4v) is 4.39. The van der Waals surface area contributed by atoms with Crippen molar-refractivity contribution in [2.24, 2.45) is 5.92 Å². The Balaban J connectivity index is 1.65. The summed E-state index contributed by atoms with van der Waals surface area (Å²) >= 11 is 0. The first kappa shape index (κ1) is 17.6. The number of carbonyl (C=O) groups excluding carboxylic acids is 1. The van der Waals surface area contributed by atoms with Crippen LogP contribution in [0.5, 0.6) is 0 Å². The van der Waals surface area contributed by atoms with Crippen LogP contribution in [0.1, 0.15) is 18.6 Å². The molecule has 1 saturated heterocycles. The average Bonchev–Trinajstić information content (AvgIpc) is 3.14. The van der Waals surface area contributed by atoms with E-state index in [1.165, 1.54) is 22.7 Å². The molecule has 134 valence electrons. The van der Waals surface area contributed by atoms with Crippen LogP contribution in [0.4, 0.5) is 4.39 Å². The van der Waals surface area contributed by atoms with Gasteiger partial charge in [-0.1, -0.05) is 0 Å². The highest BCUT2D eigenvalue weighted by Gasteiger charge is 2.33. The van der Waals surface area contributed by atoms with Gasteiger partial charge in [-0.05, 0) is 49.2 Å². The molecule has 6 nitrogen and oxygen atoms in total. The third-order valence-corrected chi connectivity index (χ3v) is 6.10. The monoisotopic (exact) mass is 366 g/mol. The van der Waals surface area contributed by atoms with Crippen LogP contribution in [0.2, 0.25) is 0 Å². The molecule has 0 aliphatic carbocycles. The van der Waals surface area contributed by atoms with Gasteiger partial charge in [0.15, 0.2) is 0 Å². The van der Waals surface area contributed by atoms with Crippen LogP contribution >= 0.6 is 0 Å². The first-order valence-electron chi connectivity index (χ1n) is 8.02. The standard InChI is InChI=1S/C17H19FN2O4S/c18-14-5-7-16(8-6-14)25(22,23)20-9-1-3-13(12-20)17(21)19-11-15-4-2-10-24-15/h2,4-8,10,13H,1,3,9,11-12H2,(H,19,21)/t13-/m1/s1. The summed E-state index contributed by atoms with van der Waals surface area (Å²) in [6.45, 7) is 0.735.